The lowest BCUT2D eigenvalue weighted by molar-refractivity contribution is 0.0673. The van der Waals surface area contributed by atoms with E-state index < -0.39 is 0 Å². The molecule has 6 heteroatoms. The van der Waals surface area contributed by atoms with Crippen LogP contribution < -0.4 is 10.1 Å². The van der Waals surface area contributed by atoms with E-state index in [1.807, 2.05) is 54.6 Å². The number of anilines is 1. The van der Waals surface area contributed by atoms with Crippen molar-refractivity contribution < 1.29 is 14.3 Å². The molecule has 6 nitrogen and oxygen atoms in total. The second-order valence-electron chi connectivity index (χ2n) is 6.98. The molecule has 3 aromatic carbocycles. The van der Waals surface area contributed by atoms with Crippen LogP contribution in [0, 0.1) is 0 Å². The second-order valence-corrected chi connectivity index (χ2v) is 6.98. The van der Waals surface area contributed by atoms with E-state index in [0.29, 0.717) is 29.3 Å². The molecule has 0 radical (unpaired) electrons. The fourth-order valence-corrected chi connectivity index (χ4v) is 3.16. The lowest BCUT2D eigenvalue weighted by Crippen LogP contribution is -2.19. The fraction of sp³-hybridized carbons (Fsp3) is 0.208. The number of carbonyl (C=O) groups excluding carboxylic acids is 1. The number of ether oxygens (including phenoxy) is 2. The van der Waals surface area contributed by atoms with E-state index in [-0.39, 0.29) is 12.0 Å². The summed E-state index contributed by atoms with van der Waals surface area (Å²) in [7, 11) is 0. The first kappa shape index (κ1) is 19.8. The number of nitrogens with one attached hydrogen (secondary N) is 1. The third-order valence-corrected chi connectivity index (χ3v) is 4.74. The number of nitrogens with zero attached hydrogens (tertiary/aromatic N) is 2. The van der Waals surface area contributed by atoms with E-state index in [0.717, 1.165) is 25.1 Å². The number of azo groups is 1. The number of para-hydroxylation sites is 1. The van der Waals surface area contributed by atoms with Crippen LogP contribution in [0.4, 0.5) is 17.1 Å². The van der Waals surface area contributed by atoms with Crippen LogP contribution >= 0.6 is 0 Å². The highest BCUT2D eigenvalue weighted by Crippen LogP contribution is 2.23. The molecule has 1 heterocycles. The van der Waals surface area contributed by atoms with Crippen molar-refractivity contribution in [2.45, 2.75) is 18.9 Å². The monoisotopic (exact) mass is 401 g/mol. The first-order chi connectivity index (χ1) is 14.8. The topological polar surface area (TPSA) is 72.3 Å². The van der Waals surface area contributed by atoms with E-state index in [9.17, 15) is 4.79 Å². The minimum Gasteiger partial charge on any atom is -0.490 e. The summed E-state index contributed by atoms with van der Waals surface area (Å²) >= 11 is 0. The van der Waals surface area contributed by atoms with Gasteiger partial charge in [0.1, 0.15) is 12.4 Å². The van der Waals surface area contributed by atoms with Crippen molar-refractivity contribution in [1.82, 2.24) is 0 Å². The molecule has 1 fully saturated rings. The fourth-order valence-electron chi connectivity index (χ4n) is 3.16. The van der Waals surface area contributed by atoms with Crippen LogP contribution in [0.3, 0.4) is 0 Å². The molecule has 1 amide bonds. The Morgan fingerprint density at radius 3 is 2.37 bits per heavy atom. The summed E-state index contributed by atoms with van der Waals surface area (Å²) in [5.74, 6) is 0.329. The first-order valence-electron chi connectivity index (χ1n) is 9.99. The van der Waals surface area contributed by atoms with E-state index in [1.54, 1.807) is 24.3 Å². The Hall–Kier alpha value is -3.51. The number of rotatable bonds is 7. The van der Waals surface area contributed by atoms with Gasteiger partial charge in [0.25, 0.3) is 5.91 Å². The standard InChI is InChI=1S/C24H23N3O3/c28-24(22-10-4-5-11-23(22)30-17-21-9-6-16-29-21)25-18-12-14-20(15-13-18)27-26-19-7-2-1-3-8-19/h1-5,7-8,10-15,21H,6,9,16-17H2,(H,25,28). The number of amides is 1. The van der Waals surface area contributed by atoms with E-state index in [1.165, 1.54) is 0 Å². The molecule has 1 unspecified atom stereocenters. The Labute approximate surface area is 175 Å². The van der Waals surface area contributed by atoms with Gasteiger partial charge in [-0.25, -0.2) is 0 Å². The van der Waals surface area contributed by atoms with Gasteiger partial charge in [-0.3, -0.25) is 4.79 Å². The van der Waals surface area contributed by atoms with Crippen LogP contribution in [0.5, 0.6) is 5.75 Å². The number of hydrogen-bond acceptors (Lipinski definition) is 5. The highest BCUT2D eigenvalue weighted by atomic mass is 16.5. The van der Waals surface area contributed by atoms with Gasteiger partial charge in [-0.05, 0) is 61.4 Å². The van der Waals surface area contributed by atoms with Gasteiger partial charge in [-0.2, -0.15) is 10.2 Å². The quantitative estimate of drug-likeness (QED) is 0.500. The van der Waals surface area contributed by atoms with Crippen molar-refractivity contribution in [2.24, 2.45) is 10.2 Å². The summed E-state index contributed by atoms with van der Waals surface area (Å²) in [6, 6.07) is 24.0. The van der Waals surface area contributed by atoms with Crippen LogP contribution in [0.1, 0.15) is 23.2 Å². The van der Waals surface area contributed by atoms with Gasteiger partial charge in [0.2, 0.25) is 0 Å². The van der Waals surface area contributed by atoms with Crippen LogP contribution in [-0.4, -0.2) is 25.2 Å². The van der Waals surface area contributed by atoms with Gasteiger partial charge in [0.05, 0.1) is 23.0 Å². The van der Waals surface area contributed by atoms with Crippen LogP contribution in [-0.2, 0) is 4.74 Å². The lowest BCUT2D eigenvalue weighted by atomic mass is 10.1. The maximum Gasteiger partial charge on any atom is 0.259 e. The molecule has 152 valence electrons. The molecular formula is C24H23N3O3. The third-order valence-electron chi connectivity index (χ3n) is 4.74. The molecule has 30 heavy (non-hydrogen) atoms. The number of hydrogen-bond donors (Lipinski definition) is 1. The molecule has 4 rings (SSSR count). The third kappa shape index (κ3) is 5.30. The van der Waals surface area contributed by atoms with E-state index >= 15 is 0 Å². The van der Waals surface area contributed by atoms with Gasteiger partial charge in [0, 0.05) is 12.3 Å². The minimum atomic E-state index is -0.225. The molecule has 0 aromatic heterocycles. The summed E-state index contributed by atoms with van der Waals surface area (Å²) in [6.07, 6.45) is 2.14. The Kier molecular flexibility index (Phi) is 6.47. The van der Waals surface area contributed by atoms with E-state index in [4.69, 9.17) is 9.47 Å². The molecule has 0 spiro atoms. The summed E-state index contributed by atoms with van der Waals surface area (Å²) in [5, 5.41) is 11.3. The van der Waals surface area contributed by atoms with Crippen LogP contribution in [0.25, 0.3) is 0 Å². The van der Waals surface area contributed by atoms with Crippen molar-refractivity contribution in [2.75, 3.05) is 18.5 Å². The van der Waals surface area contributed by atoms with Gasteiger partial charge in [-0.15, -0.1) is 0 Å². The predicted octanol–water partition coefficient (Wildman–Crippen LogP) is 5.91. The Bertz CT molecular complexity index is 998. The molecule has 1 aliphatic heterocycles. The highest BCUT2D eigenvalue weighted by molar-refractivity contribution is 6.06. The Morgan fingerprint density at radius 2 is 1.63 bits per heavy atom. The molecule has 0 aliphatic carbocycles. The van der Waals surface area contributed by atoms with Crippen molar-refractivity contribution in [3.05, 3.63) is 84.4 Å². The van der Waals surface area contributed by atoms with Crippen LogP contribution in [0.2, 0.25) is 0 Å². The molecule has 1 N–H and O–H groups in total. The lowest BCUT2D eigenvalue weighted by Gasteiger charge is -2.14. The number of benzene rings is 3. The summed E-state index contributed by atoms with van der Waals surface area (Å²) in [6.45, 7) is 1.22. The first-order valence-corrected chi connectivity index (χ1v) is 9.99. The smallest absolute Gasteiger partial charge is 0.259 e. The Morgan fingerprint density at radius 1 is 0.933 bits per heavy atom. The SMILES string of the molecule is O=C(Nc1ccc(N=Nc2ccccc2)cc1)c1ccccc1OCC1CCCO1. The molecule has 1 saturated heterocycles. The normalized spacial score (nSPS) is 15.9. The van der Waals surface area contributed by atoms with E-state index in [2.05, 4.69) is 15.5 Å². The molecular weight excluding hydrogens is 378 g/mol. The maximum atomic E-state index is 12.8. The average Bonchev–Trinajstić information content (AvgIpc) is 3.32. The van der Waals surface area contributed by atoms with Gasteiger partial charge in [-0.1, -0.05) is 30.3 Å². The van der Waals surface area contributed by atoms with Crippen molar-refractivity contribution >= 4 is 23.0 Å². The average molecular weight is 401 g/mol. The largest absolute Gasteiger partial charge is 0.490 e. The highest BCUT2D eigenvalue weighted by Gasteiger charge is 2.18. The zero-order valence-electron chi connectivity index (χ0n) is 16.5. The zero-order valence-corrected chi connectivity index (χ0v) is 16.5. The Balaban J connectivity index is 1.38. The zero-order chi connectivity index (χ0) is 20.6. The maximum absolute atomic E-state index is 12.8. The van der Waals surface area contributed by atoms with Crippen molar-refractivity contribution in [1.29, 1.82) is 0 Å². The molecule has 1 aliphatic rings. The molecule has 0 saturated carbocycles. The summed E-state index contributed by atoms with van der Waals surface area (Å²) < 4.78 is 11.4. The van der Waals surface area contributed by atoms with Gasteiger partial charge >= 0.3 is 0 Å². The number of carbonyl (C=O) groups is 1. The summed E-state index contributed by atoms with van der Waals surface area (Å²) in [5.41, 5.74) is 2.66. The van der Waals surface area contributed by atoms with Crippen LogP contribution in [0.15, 0.2) is 89.1 Å². The van der Waals surface area contributed by atoms with Gasteiger partial charge < -0.3 is 14.8 Å². The minimum absolute atomic E-state index is 0.0960. The molecule has 0 bridgehead atoms. The van der Waals surface area contributed by atoms with Crippen molar-refractivity contribution in [3.63, 3.8) is 0 Å². The second kappa shape index (κ2) is 9.80. The van der Waals surface area contributed by atoms with Gasteiger partial charge in [0.15, 0.2) is 0 Å². The predicted molar refractivity (Wildman–Crippen MR) is 116 cm³/mol. The summed E-state index contributed by atoms with van der Waals surface area (Å²) in [4.78, 5) is 12.8. The molecule has 1 atom stereocenters. The molecule has 3 aromatic rings. The van der Waals surface area contributed by atoms with Crippen molar-refractivity contribution in [3.8, 4) is 5.75 Å².